The second-order valence-corrected chi connectivity index (χ2v) is 6.89. The molecule has 1 heterocycles. The number of ether oxygens (including phenoxy) is 1. The molecule has 0 bridgehead atoms. The van der Waals surface area contributed by atoms with Gasteiger partial charge in [0.15, 0.2) is 5.17 Å². The summed E-state index contributed by atoms with van der Waals surface area (Å²) in [5.74, 6) is -0.0266. The van der Waals surface area contributed by atoms with Crippen molar-refractivity contribution >= 4 is 34.6 Å². The maximum atomic E-state index is 12.8. The van der Waals surface area contributed by atoms with Gasteiger partial charge in [0, 0.05) is 7.11 Å². The molecule has 26 heavy (non-hydrogen) atoms. The fraction of sp³-hybridized carbons (Fsp3) is 0.238. The van der Waals surface area contributed by atoms with E-state index < -0.39 is 0 Å². The van der Waals surface area contributed by atoms with Crippen LogP contribution in [0, 0.1) is 0 Å². The molecule has 0 unspecified atom stereocenters. The standard InChI is InChI=1S/C21H22N2O2S/c1-3-16-9-11-17(12-10-16)15-19-20(24)23(13-14-25-2)21(26-19)22-18-7-5-4-6-8-18/h4-12,15H,3,13-14H2,1-2H3/b19-15+,22-21?. The lowest BCUT2D eigenvalue weighted by atomic mass is 10.1. The molecule has 0 spiro atoms. The van der Waals surface area contributed by atoms with Crippen molar-refractivity contribution < 1.29 is 9.53 Å². The van der Waals surface area contributed by atoms with E-state index in [0.717, 1.165) is 17.7 Å². The predicted octanol–water partition coefficient (Wildman–Crippen LogP) is 4.50. The lowest BCUT2D eigenvalue weighted by molar-refractivity contribution is -0.122. The zero-order valence-corrected chi connectivity index (χ0v) is 15.8. The summed E-state index contributed by atoms with van der Waals surface area (Å²) in [6.45, 7) is 3.09. The normalized spacial score (nSPS) is 17.5. The van der Waals surface area contributed by atoms with Gasteiger partial charge in [-0.25, -0.2) is 4.99 Å². The highest BCUT2D eigenvalue weighted by Gasteiger charge is 2.33. The van der Waals surface area contributed by atoms with E-state index >= 15 is 0 Å². The number of hydrogen-bond donors (Lipinski definition) is 0. The Kier molecular flexibility index (Phi) is 6.26. The van der Waals surface area contributed by atoms with E-state index in [1.165, 1.54) is 17.3 Å². The molecule has 0 atom stereocenters. The number of thioether (sulfide) groups is 1. The van der Waals surface area contributed by atoms with Gasteiger partial charge in [0.2, 0.25) is 0 Å². The van der Waals surface area contributed by atoms with Crippen molar-refractivity contribution in [2.24, 2.45) is 4.99 Å². The molecule has 0 aliphatic carbocycles. The average molecular weight is 366 g/mol. The van der Waals surface area contributed by atoms with Crippen molar-refractivity contribution in [1.29, 1.82) is 0 Å². The molecular weight excluding hydrogens is 344 g/mol. The molecule has 0 saturated carbocycles. The Balaban J connectivity index is 1.89. The number of aryl methyl sites for hydroxylation is 1. The lowest BCUT2D eigenvalue weighted by Gasteiger charge is -2.14. The second kappa shape index (κ2) is 8.83. The first-order valence-electron chi connectivity index (χ1n) is 8.64. The van der Waals surface area contributed by atoms with Crippen LogP contribution in [0.4, 0.5) is 5.69 Å². The zero-order chi connectivity index (χ0) is 18.4. The van der Waals surface area contributed by atoms with Gasteiger partial charge < -0.3 is 4.74 Å². The topological polar surface area (TPSA) is 41.9 Å². The Labute approximate surface area is 158 Å². The summed E-state index contributed by atoms with van der Waals surface area (Å²) in [5.41, 5.74) is 3.13. The summed E-state index contributed by atoms with van der Waals surface area (Å²) in [5, 5.41) is 0.690. The van der Waals surface area contributed by atoms with Gasteiger partial charge in [-0.3, -0.25) is 9.69 Å². The Morgan fingerprint density at radius 2 is 1.85 bits per heavy atom. The van der Waals surface area contributed by atoms with Crippen LogP contribution in [-0.4, -0.2) is 36.2 Å². The minimum atomic E-state index is -0.0266. The molecule has 2 aromatic rings. The number of carbonyl (C=O) groups is 1. The van der Waals surface area contributed by atoms with Crippen LogP contribution in [0.15, 0.2) is 64.5 Å². The van der Waals surface area contributed by atoms with Crippen molar-refractivity contribution in [3.05, 3.63) is 70.6 Å². The van der Waals surface area contributed by atoms with E-state index in [1.807, 2.05) is 48.5 Å². The first-order chi connectivity index (χ1) is 12.7. The number of amidine groups is 1. The summed E-state index contributed by atoms with van der Waals surface area (Å²) in [7, 11) is 1.63. The van der Waals surface area contributed by atoms with Crippen LogP contribution in [0.2, 0.25) is 0 Å². The molecule has 1 aliphatic rings. The Hall–Kier alpha value is -2.37. The fourth-order valence-electron chi connectivity index (χ4n) is 2.59. The second-order valence-electron chi connectivity index (χ2n) is 5.89. The van der Waals surface area contributed by atoms with Gasteiger partial charge in [-0.2, -0.15) is 0 Å². The van der Waals surface area contributed by atoms with E-state index in [1.54, 1.807) is 12.0 Å². The SMILES string of the molecule is CCc1ccc(/C=C2/SC(=Nc3ccccc3)N(CCOC)C2=O)cc1. The summed E-state index contributed by atoms with van der Waals surface area (Å²) in [6.07, 6.45) is 2.93. The van der Waals surface area contributed by atoms with Crippen LogP contribution in [0.5, 0.6) is 0 Å². The quantitative estimate of drug-likeness (QED) is 0.707. The summed E-state index contributed by atoms with van der Waals surface area (Å²) >= 11 is 1.41. The highest BCUT2D eigenvalue weighted by molar-refractivity contribution is 8.18. The van der Waals surface area contributed by atoms with Gasteiger partial charge in [0.1, 0.15) is 0 Å². The van der Waals surface area contributed by atoms with E-state index in [9.17, 15) is 4.79 Å². The molecule has 1 amide bonds. The number of para-hydroxylation sites is 1. The maximum absolute atomic E-state index is 12.8. The van der Waals surface area contributed by atoms with Crippen molar-refractivity contribution in [2.75, 3.05) is 20.3 Å². The molecule has 0 N–H and O–H groups in total. The minimum Gasteiger partial charge on any atom is -0.383 e. The molecule has 4 nitrogen and oxygen atoms in total. The first kappa shape index (κ1) is 18.4. The molecule has 134 valence electrons. The molecule has 0 radical (unpaired) electrons. The van der Waals surface area contributed by atoms with Crippen molar-refractivity contribution in [2.45, 2.75) is 13.3 Å². The van der Waals surface area contributed by atoms with Gasteiger partial charge >= 0.3 is 0 Å². The third-order valence-electron chi connectivity index (χ3n) is 4.07. The van der Waals surface area contributed by atoms with Gasteiger partial charge in [0.25, 0.3) is 5.91 Å². The zero-order valence-electron chi connectivity index (χ0n) is 15.0. The Bertz CT molecular complexity index is 814. The van der Waals surface area contributed by atoms with E-state index in [0.29, 0.717) is 23.2 Å². The van der Waals surface area contributed by atoms with E-state index in [-0.39, 0.29) is 5.91 Å². The summed E-state index contributed by atoms with van der Waals surface area (Å²) < 4.78 is 5.15. The van der Waals surface area contributed by atoms with Crippen LogP contribution in [0.3, 0.4) is 0 Å². The first-order valence-corrected chi connectivity index (χ1v) is 9.46. The van der Waals surface area contributed by atoms with Crippen molar-refractivity contribution in [1.82, 2.24) is 4.90 Å². The minimum absolute atomic E-state index is 0.0266. The number of methoxy groups -OCH3 is 1. The molecule has 1 saturated heterocycles. The van der Waals surface area contributed by atoms with Gasteiger partial charge in [-0.15, -0.1) is 0 Å². The summed E-state index contributed by atoms with van der Waals surface area (Å²) in [6, 6.07) is 18.0. The highest BCUT2D eigenvalue weighted by atomic mass is 32.2. The van der Waals surface area contributed by atoms with Crippen molar-refractivity contribution in [3.8, 4) is 0 Å². The molecule has 1 aliphatic heterocycles. The number of hydrogen-bond acceptors (Lipinski definition) is 4. The largest absolute Gasteiger partial charge is 0.383 e. The van der Waals surface area contributed by atoms with Gasteiger partial charge in [0.05, 0.1) is 23.7 Å². The lowest BCUT2D eigenvalue weighted by Crippen LogP contribution is -2.32. The van der Waals surface area contributed by atoms with Crippen LogP contribution >= 0.6 is 11.8 Å². The molecule has 2 aromatic carbocycles. The van der Waals surface area contributed by atoms with Crippen molar-refractivity contribution in [3.63, 3.8) is 0 Å². The molecule has 0 aromatic heterocycles. The number of nitrogens with zero attached hydrogens (tertiary/aromatic N) is 2. The monoisotopic (exact) mass is 366 g/mol. The fourth-order valence-corrected chi connectivity index (χ4v) is 3.61. The number of amides is 1. The predicted molar refractivity (Wildman–Crippen MR) is 109 cm³/mol. The number of carbonyl (C=O) groups excluding carboxylic acids is 1. The third-order valence-corrected chi connectivity index (χ3v) is 5.08. The van der Waals surface area contributed by atoms with E-state index in [2.05, 4.69) is 24.0 Å². The molecular formula is C21H22N2O2S. The highest BCUT2D eigenvalue weighted by Crippen LogP contribution is 2.34. The Morgan fingerprint density at radius 3 is 2.50 bits per heavy atom. The molecule has 1 fully saturated rings. The average Bonchev–Trinajstić information content (AvgIpc) is 2.96. The van der Waals surface area contributed by atoms with Crippen LogP contribution in [-0.2, 0) is 16.0 Å². The van der Waals surface area contributed by atoms with Crippen LogP contribution < -0.4 is 0 Å². The summed E-state index contributed by atoms with van der Waals surface area (Å²) in [4.78, 5) is 19.9. The van der Waals surface area contributed by atoms with Gasteiger partial charge in [-0.1, -0.05) is 49.4 Å². The smallest absolute Gasteiger partial charge is 0.266 e. The maximum Gasteiger partial charge on any atom is 0.266 e. The Morgan fingerprint density at radius 1 is 1.12 bits per heavy atom. The number of rotatable bonds is 6. The van der Waals surface area contributed by atoms with E-state index in [4.69, 9.17) is 4.74 Å². The van der Waals surface area contributed by atoms with Crippen LogP contribution in [0.1, 0.15) is 18.1 Å². The number of aliphatic imine (C=N–C) groups is 1. The number of benzene rings is 2. The molecule has 3 rings (SSSR count). The molecule has 5 heteroatoms. The third kappa shape index (κ3) is 4.42. The van der Waals surface area contributed by atoms with Crippen LogP contribution in [0.25, 0.3) is 6.08 Å². The van der Waals surface area contributed by atoms with Gasteiger partial charge in [-0.05, 0) is 47.5 Å².